The fourth-order valence-electron chi connectivity index (χ4n) is 2.12. The van der Waals surface area contributed by atoms with E-state index >= 15 is 0 Å². The smallest absolute Gasteiger partial charge is 0.269 e. The standard InChI is InChI=1S/C13H10BrNOS/c14-10-6-8-17-12(10)13(16)15-7-5-9-3-1-2-4-11(9)15/h1-4,6,8H,5,7H2. The first kappa shape index (κ1) is 11.0. The highest BCUT2D eigenvalue weighted by Gasteiger charge is 2.26. The van der Waals surface area contributed by atoms with Crippen LogP contribution in [0.5, 0.6) is 0 Å². The second kappa shape index (κ2) is 4.27. The number of rotatable bonds is 1. The fourth-order valence-corrected chi connectivity index (χ4v) is 3.61. The molecule has 1 aliphatic heterocycles. The number of amides is 1. The van der Waals surface area contributed by atoms with Crippen molar-refractivity contribution in [3.05, 3.63) is 50.6 Å². The topological polar surface area (TPSA) is 20.3 Å². The van der Waals surface area contributed by atoms with E-state index in [0.29, 0.717) is 0 Å². The van der Waals surface area contributed by atoms with E-state index < -0.39 is 0 Å². The Bertz CT molecular complexity index is 578. The van der Waals surface area contributed by atoms with Gasteiger partial charge in [-0.25, -0.2) is 0 Å². The van der Waals surface area contributed by atoms with Crippen LogP contribution in [0.15, 0.2) is 40.2 Å². The zero-order chi connectivity index (χ0) is 11.8. The van der Waals surface area contributed by atoms with Crippen LogP contribution < -0.4 is 4.90 Å². The normalized spacial score (nSPS) is 13.8. The van der Waals surface area contributed by atoms with Gasteiger partial charge >= 0.3 is 0 Å². The van der Waals surface area contributed by atoms with E-state index in [2.05, 4.69) is 22.0 Å². The van der Waals surface area contributed by atoms with Crippen LogP contribution in [0.2, 0.25) is 0 Å². The zero-order valence-electron chi connectivity index (χ0n) is 9.02. The van der Waals surface area contributed by atoms with Gasteiger partial charge in [0.2, 0.25) is 0 Å². The molecule has 0 aliphatic carbocycles. The van der Waals surface area contributed by atoms with E-state index in [9.17, 15) is 4.79 Å². The van der Waals surface area contributed by atoms with Crippen LogP contribution in [-0.2, 0) is 6.42 Å². The number of carbonyl (C=O) groups excluding carboxylic acids is 1. The Balaban J connectivity index is 1.98. The number of nitrogens with zero attached hydrogens (tertiary/aromatic N) is 1. The molecule has 1 aromatic carbocycles. The summed E-state index contributed by atoms with van der Waals surface area (Å²) in [7, 11) is 0. The molecule has 1 aromatic heterocycles. The van der Waals surface area contributed by atoms with Gasteiger partial charge in [0.25, 0.3) is 5.91 Å². The highest BCUT2D eigenvalue weighted by atomic mass is 79.9. The third-order valence-corrected chi connectivity index (χ3v) is 4.77. The second-order valence-electron chi connectivity index (χ2n) is 3.93. The van der Waals surface area contributed by atoms with Crippen molar-refractivity contribution in [2.45, 2.75) is 6.42 Å². The van der Waals surface area contributed by atoms with Gasteiger partial charge in [-0.1, -0.05) is 18.2 Å². The second-order valence-corrected chi connectivity index (χ2v) is 5.70. The molecule has 3 rings (SSSR count). The molecule has 0 N–H and O–H groups in total. The van der Waals surface area contributed by atoms with Crippen molar-refractivity contribution in [1.82, 2.24) is 0 Å². The van der Waals surface area contributed by atoms with Crippen molar-refractivity contribution in [3.8, 4) is 0 Å². The van der Waals surface area contributed by atoms with Crippen molar-refractivity contribution in [1.29, 1.82) is 0 Å². The fraction of sp³-hybridized carbons (Fsp3) is 0.154. The number of benzene rings is 1. The minimum atomic E-state index is 0.0943. The largest absolute Gasteiger partial charge is 0.307 e. The summed E-state index contributed by atoms with van der Waals surface area (Å²) < 4.78 is 0.886. The first-order valence-electron chi connectivity index (χ1n) is 5.40. The zero-order valence-corrected chi connectivity index (χ0v) is 11.4. The molecule has 2 aromatic rings. The first-order valence-corrected chi connectivity index (χ1v) is 7.07. The van der Waals surface area contributed by atoms with Gasteiger partial charge in [0.1, 0.15) is 4.88 Å². The number of hydrogen-bond acceptors (Lipinski definition) is 2. The number of hydrogen-bond donors (Lipinski definition) is 0. The van der Waals surface area contributed by atoms with E-state index in [-0.39, 0.29) is 5.91 Å². The molecule has 86 valence electrons. The van der Waals surface area contributed by atoms with Crippen LogP contribution in [0.1, 0.15) is 15.2 Å². The monoisotopic (exact) mass is 307 g/mol. The van der Waals surface area contributed by atoms with Crippen molar-refractivity contribution in [2.75, 3.05) is 11.4 Å². The maximum absolute atomic E-state index is 12.4. The summed E-state index contributed by atoms with van der Waals surface area (Å²) in [6.07, 6.45) is 0.949. The number of anilines is 1. The quantitative estimate of drug-likeness (QED) is 0.786. The van der Waals surface area contributed by atoms with Crippen LogP contribution >= 0.6 is 27.3 Å². The summed E-state index contributed by atoms with van der Waals surface area (Å²) >= 11 is 4.90. The summed E-state index contributed by atoms with van der Waals surface area (Å²) in [4.78, 5) is 15.0. The molecule has 0 saturated carbocycles. The molecule has 0 unspecified atom stereocenters. The van der Waals surface area contributed by atoms with Crippen LogP contribution in [0.4, 0.5) is 5.69 Å². The maximum atomic E-state index is 12.4. The van der Waals surface area contributed by atoms with Gasteiger partial charge in [0.15, 0.2) is 0 Å². The Hall–Kier alpha value is -1.13. The molecule has 17 heavy (non-hydrogen) atoms. The molecule has 1 aliphatic rings. The minimum absolute atomic E-state index is 0.0943. The van der Waals surface area contributed by atoms with Crippen LogP contribution in [0.25, 0.3) is 0 Å². The average Bonchev–Trinajstić information content (AvgIpc) is 2.94. The highest BCUT2D eigenvalue weighted by Crippen LogP contribution is 2.32. The lowest BCUT2D eigenvalue weighted by Crippen LogP contribution is -2.28. The van der Waals surface area contributed by atoms with Crippen LogP contribution in [-0.4, -0.2) is 12.5 Å². The van der Waals surface area contributed by atoms with Gasteiger partial charge in [-0.15, -0.1) is 11.3 Å². The summed E-state index contributed by atoms with van der Waals surface area (Å²) in [6, 6.07) is 10.0. The van der Waals surface area contributed by atoms with Crippen molar-refractivity contribution < 1.29 is 4.79 Å². The lowest BCUT2D eigenvalue weighted by atomic mass is 10.2. The minimum Gasteiger partial charge on any atom is -0.307 e. The van der Waals surface area contributed by atoms with Crippen LogP contribution in [0, 0.1) is 0 Å². The van der Waals surface area contributed by atoms with Gasteiger partial charge in [-0.05, 0) is 45.4 Å². The van der Waals surface area contributed by atoms with Gasteiger partial charge in [-0.2, -0.15) is 0 Å². The predicted octanol–water partition coefficient (Wildman–Crippen LogP) is 3.71. The molecule has 0 saturated heterocycles. The van der Waals surface area contributed by atoms with Crippen molar-refractivity contribution in [3.63, 3.8) is 0 Å². The molecule has 2 nitrogen and oxygen atoms in total. The van der Waals surface area contributed by atoms with E-state index in [4.69, 9.17) is 0 Å². The molecule has 2 heterocycles. The Morgan fingerprint density at radius 1 is 1.29 bits per heavy atom. The van der Waals surface area contributed by atoms with Gasteiger partial charge in [-0.3, -0.25) is 4.79 Å². The van der Waals surface area contributed by atoms with Gasteiger partial charge < -0.3 is 4.90 Å². The molecular weight excluding hydrogens is 298 g/mol. The highest BCUT2D eigenvalue weighted by molar-refractivity contribution is 9.10. The SMILES string of the molecule is O=C(c1sccc1Br)N1CCc2ccccc21. The third-order valence-electron chi connectivity index (χ3n) is 2.94. The van der Waals surface area contributed by atoms with Crippen LogP contribution in [0.3, 0.4) is 0 Å². The molecule has 4 heteroatoms. The Kier molecular flexibility index (Phi) is 2.76. The molecule has 0 spiro atoms. The van der Waals surface area contributed by atoms with Gasteiger partial charge in [0, 0.05) is 16.7 Å². The van der Waals surface area contributed by atoms with Crippen molar-refractivity contribution >= 4 is 38.9 Å². The lowest BCUT2D eigenvalue weighted by molar-refractivity contribution is 0.0992. The number of carbonyl (C=O) groups is 1. The summed E-state index contributed by atoms with van der Waals surface area (Å²) in [5.41, 5.74) is 2.31. The summed E-state index contributed by atoms with van der Waals surface area (Å²) in [5.74, 6) is 0.0943. The lowest BCUT2D eigenvalue weighted by Gasteiger charge is -2.16. The number of fused-ring (bicyclic) bond motifs is 1. The average molecular weight is 308 g/mol. The van der Waals surface area contributed by atoms with Crippen molar-refractivity contribution in [2.24, 2.45) is 0 Å². The first-order chi connectivity index (χ1) is 8.27. The Labute approximate surface area is 112 Å². The molecule has 0 atom stereocenters. The van der Waals surface area contributed by atoms with Gasteiger partial charge in [0.05, 0.1) is 0 Å². The number of halogens is 1. The number of para-hydroxylation sites is 1. The Morgan fingerprint density at radius 3 is 2.88 bits per heavy atom. The molecule has 0 bridgehead atoms. The molecule has 1 amide bonds. The summed E-state index contributed by atoms with van der Waals surface area (Å²) in [5, 5.41) is 1.93. The molecule has 0 radical (unpaired) electrons. The van der Waals surface area contributed by atoms with E-state index in [1.54, 1.807) is 0 Å². The molecule has 0 fully saturated rings. The Morgan fingerprint density at radius 2 is 2.12 bits per heavy atom. The maximum Gasteiger partial charge on any atom is 0.269 e. The van der Waals surface area contributed by atoms with E-state index in [1.165, 1.54) is 16.9 Å². The summed E-state index contributed by atoms with van der Waals surface area (Å²) in [6.45, 7) is 0.780. The van der Waals surface area contributed by atoms with E-state index in [0.717, 1.165) is 28.0 Å². The molecular formula is C13H10BrNOS. The predicted molar refractivity (Wildman–Crippen MR) is 73.8 cm³/mol. The number of thiophene rings is 1. The third kappa shape index (κ3) is 1.81. The van der Waals surface area contributed by atoms with E-state index in [1.807, 2.05) is 34.5 Å².